The van der Waals surface area contributed by atoms with Gasteiger partial charge in [-0.25, -0.2) is 0 Å². The number of thiophene rings is 1. The highest BCUT2D eigenvalue weighted by Crippen LogP contribution is 2.45. The molecule has 2 unspecified atom stereocenters. The van der Waals surface area contributed by atoms with Crippen LogP contribution in [0.1, 0.15) is 44.7 Å². The van der Waals surface area contributed by atoms with E-state index in [1.54, 1.807) is 0 Å². The predicted molar refractivity (Wildman–Crippen MR) is 77.3 cm³/mol. The van der Waals surface area contributed by atoms with Gasteiger partial charge in [-0.05, 0) is 43.7 Å². The lowest BCUT2D eigenvalue weighted by molar-refractivity contribution is 0.350. The number of nitrogens with one attached hydrogen (secondary N) is 1. The van der Waals surface area contributed by atoms with Crippen molar-refractivity contribution in [3.05, 3.63) is 20.3 Å². The molecular weight excluding hydrogens is 273 g/mol. The molecular formula is C13H19Cl2NS. The molecule has 0 spiro atoms. The predicted octanol–water partition coefficient (Wildman–Crippen LogP) is 5.14. The Labute approximate surface area is 118 Å². The normalized spacial score (nSPS) is 19.3. The molecule has 2 rings (SSSR count). The molecule has 1 fully saturated rings. The van der Waals surface area contributed by atoms with Gasteiger partial charge in [0, 0.05) is 11.6 Å². The highest BCUT2D eigenvalue weighted by Gasteiger charge is 2.35. The van der Waals surface area contributed by atoms with Crippen molar-refractivity contribution in [2.45, 2.75) is 39.2 Å². The van der Waals surface area contributed by atoms with Crippen LogP contribution in [0.3, 0.4) is 0 Å². The number of hydrogen-bond donors (Lipinski definition) is 1. The second kappa shape index (κ2) is 5.92. The third kappa shape index (κ3) is 3.37. The van der Waals surface area contributed by atoms with Crippen molar-refractivity contribution in [3.63, 3.8) is 0 Å². The van der Waals surface area contributed by atoms with Gasteiger partial charge in [0.1, 0.15) is 0 Å². The molecule has 0 bridgehead atoms. The first kappa shape index (κ1) is 13.7. The van der Waals surface area contributed by atoms with Crippen LogP contribution in [0.15, 0.2) is 6.07 Å². The molecule has 1 aromatic rings. The monoisotopic (exact) mass is 291 g/mol. The second-order valence-electron chi connectivity index (χ2n) is 4.91. The number of halogens is 2. The molecule has 17 heavy (non-hydrogen) atoms. The molecule has 0 aromatic carbocycles. The summed E-state index contributed by atoms with van der Waals surface area (Å²) < 4.78 is 1.63. The minimum Gasteiger partial charge on any atom is -0.310 e. The van der Waals surface area contributed by atoms with Gasteiger partial charge in [-0.3, -0.25) is 0 Å². The Morgan fingerprint density at radius 2 is 2.18 bits per heavy atom. The van der Waals surface area contributed by atoms with E-state index in [2.05, 4.69) is 19.2 Å². The van der Waals surface area contributed by atoms with Gasteiger partial charge >= 0.3 is 0 Å². The van der Waals surface area contributed by atoms with Crippen molar-refractivity contribution in [1.82, 2.24) is 5.32 Å². The quantitative estimate of drug-likeness (QED) is 0.765. The van der Waals surface area contributed by atoms with Crippen LogP contribution in [-0.2, 0) is 0 Å². The van der Waals surface area contributed by atoms with E-state index < -0.39 is 0 Å². The Morgan fingerprint density at radius 3 is 2.65 bits per heavy atom. The summed E-state index contributed by atoms with van der Waals surface area (Å²) in [6.45, 7) is 5.55. The minimum atomic E-state index is 0.360. The summed E-state index contributed by atoms with van der Waals surface area (Å²) in [5.41, 5.74) is 1.19. The van der Waals surface area contributed by atoms with Crippen molar-refractivity contribution in [2.24, 2.45) is 11.8 Å². The standard InChI is InChI=1S/C13H19Cl2NS/c1-3-6-16-12(8(2)9-4-5-9)10-7-11(14)17-13(10)15/h7-9,12,16H,3-6H2,1-2H3. The Bertz CT molecular complexity index is 373. The van der Waals surface area contributed by atoms with Gasteiger partial charge in [0.15, 0.2) is 0 Å². The van der Waals surface area contributed by atoms with Crippen molar-refractivity contribution in [3.8, 4) is 0 Å². The average Bonchev–Trinajstić information content (AvgIpc) is 3.06. The van der Waals surface area contributed by atoms with Crippen molar-refractivity contribution in [2.75, 3.05) is 6.54 Å². The minimum absolute atomic E-state index is 0.360. The molecule has 96 valence electrons. The zero-order valence-corrected chi connectivity index (χ0v) is 12.6. The fourth-order valence-corrected chi connectivity index (χ4v) is 3.89. The van der Waals surface area contributed by atoms with Crippen LogP contribution in [0.2, 0.25) is 8.67 Å². The first-order valence-electron chi connectivity index (χ1n) is 6.31. The van der Waals surface area contributed by atoms with Crippen molar-refractivity contribution in [1.29, 1.82) is 0 Å². The second-order valence-corrected chi connectivity index (χ2v) is 7.19. The van der Waals surface area contributed by atoms with Gasteiger partial charge < -0.3 is 5.32 Å². The smallest absolute Gasteiger partial charge is 0.0992 e. The molecule has 0 radical (unpaired) electrons. The summed E-state index contributed by atoms with van der Waals surface area (Å²) in [5, 5.41) is 3.62. The SMILES string of the molecule is CCCNC(c1cc(Cl)sc1Cl)C(C)C1CC1. The van der Waals surface area contributed by atoms with Gasteiger partial charge in [-0.1, -0.05) is 37.0 Å². The number of rotatable bonds is 6. The summed E-state index contributed by atoms with van der Waals surface area (Å²) in [6, 6.07) is 2.39. The highest BCUT2D eigenvalue weighted by molar-refractivity contribution is 7.20. The van der Waals surface area contributed by atoms with Crippen LogP contribution in [0.4, 0.5) is 0 Å². The molecule has 1 aliphatic carbocycles. The number of hydrogen-bond acceptors (Lipinski definition) is 2. The molecule has 1 saturated carbocycles. The van der Waals surface area contributed by atoms with E-state index in [0.29, 0.717) is 12.0 Å². The lowest BCUT2D eigenvalue weighted by Crippen LogP contribution is -2.28. The first-order chi connectivity index (χ1) is 8.13. The summed E-state index contributed by atoms with van der Waals surface area (Å²) in [7, 11) is 0. The van der Waals surface area contributed by atoms with Crippen LogP contribution in [-0.4, -0.2) is 6.54 Å². The Hall–Kier alpha value is 0.240. The van der Waals surface area contributed by atoms with Gasteiger partial charge in [0.25, 0.3) is 0 Å². The molecule has 4 heteroatoms. The lowest BCUT2D eigenvalue weighted by Gasteiger charge is -2.25. The zero-order chi connectivity index (χ0) is 12.4. The van der Waals surface area contributed by atoms with E-state index in [0.717, 1.165) is 27.6 Å². The molecule has 1 N–H and O–H groups in total. The fraction of sp³-hybridized carbons (Fsp3) is 0.692. The van der Waals surface area contributed by atoms with Crippen LogP contribution in [0, 0.1) is 11.8 Å². The molecule has 0 aliphatic heterocycles. The largest absolute Gasteiger partial charge is 0.310 e. The summed E-state index contributed by atoms with van der Waals surface area (Å²) in [5.74, 6) is 1.50. The van der Waals surface area contributed by atoms with Crippen molar-refractivity contribution < 1.29 is 0 Å². The first-order valence-corrected chi connectivity index (χ1v) is 7.88. The maximum atomic E-state index is 6.28. The van der Waals surface area contributed by atoms with Gasteiger partial charge in [-0.2, -0.15) is 0 Å². The van der Waals surface area contributed by atoms with Crippen LogP contribution < -0.4 is 5.32 Å². The van der Waals surface area contributed by atoms with Gasteiger partial charge in [0.2, 0.25) is 0 Å². The van der Waals surface area contributed by atoms with E-state index in [-0.39, 0.29) is 0 Å². The zero-order valence-electron chi connectivity index (χ0n) is 10.3. The average molecular weight is 292 g/mol. The molecule has 1 aromatic heterocycles. The van der Waals surface area contributed by atoms with E-state index in [4.69, 9.17) is 23.2 Å². The van der Waals surface area contributed by atoms with Crippen molar-refractivity contribution >= 4 is 34.5 Å². The molecule has 0 saturated heterocycles. The third-order valence-corrected chi connectivity index (χ3v) is 5.04. The van der Waals surface area contributed by atoms with Crippen LogP contribution >= 0.6 is 34.5 Å². The maximum Gasteiger partial charge on any atom is 0.0992 e. The van der Waals surface area contributed by atoms with Crippen LogP contribution in [0.25, 0.3) is 0 Å². The molecule has 1 heterocycles. The van der Waals surface area contributed by atoms with Crippen LogP contribution in [0.5, 0.6) is 0 Å². The van der Waals surface area contributed by atoms with Gasteiger partial charge in [0.05, 0.1) is 8.67 Å². The topological polar surface area (TPSA) is 12.0 Å². The van der Waals surface area contributed by atoms with E-state index >= 15 is 0 Å². The van der Waals surface area contributed by atoms with E-state index in [9.17, 15) is 0 Å². The fourth-order valence-electron chi connectivity index (χ4n) is 2.34. The summed E-state index contributed by atoms with van der Waals surface area (Å²) in [6.07, 6.45) is 3.87. The highest BCUT2D eigenvalue weighted by atomic mass is 35.5. The third-order valence-electron chi connectivity index (χ3n) is 3.52. The van der Waals surface area contributed by atoms with E-state index in [1.165, 1.54) is 29.7 Å². The molecule has 0 amide bonds. The Balaban J connectivity index is 2.15. The Morgan fingerprint density at radius 1 is 1.47 bits per heavy atom. The van der Waals surface area contributed by atoms with E-state index in [1.807, 2.05) is 6.07 Å². The summed E-state index contributed by atoms with van der Waals surface area (Å²) in [4.78, 5) is 0. The molecule has 1 nitrogen and oxygen atoms in total. The molecule has 2 atom stereocenters. The summed E-state index contributed by atoms with van der Waals surface area (Å²) >= 11 is 13.8. The lowest BCUT2D eigenvalue weighted by atomic mass is 9.92. The maximum absolute atomic E-state index is 6.28. The Kier molecular flexibility index (Phi) is 4.76. The molecule has 1 aliphatic rings. The van der Waals surface area contributed by atoms with Gasteiger partial charge in [-0.15, -0.1) is 11.3 Å².